The van der Waals surface area contributed by atoms with Crippen LogP contribution in [0.5, 0.6) is 11.5 Å². The molecule has 2 aromatic rings. The largest absolute Gasteiger partial charge is 0.493 e. The fourth-order valence-electron chi connectivity index (χ4n) is 3.88. The highest BCUT2D eigenvalue weighted by molar-refractivity contribution is 7.92. The Morgan fingerprint density at radius 1 is 1.00 bits per heavy atom. The summed E-state index contributed by atoms with van der Waals surface area (Å²) < 4.78 is 36.2. The summed E-state index contributed by atoms with van der Waals surface area (Å²) in [5.41, 5.74) is 4.17. The van der Waals surface area contributed by atoms with Crippen molar-refractivity contribution in [3.63, 3.8) is 0 Å². The van der Waals surface area contributed by atoms with Gasteiger partial charge in [-0.25, -0.2) is 8.42 Å². The van der Waals surface area contributed by atoms with E-state index in [1.54, 1.807) is 11.0 Å². The topological polar surface area (TPSA) is 79.4 Å². The Morgan fingerprint density at radius 2 is 1.59 bits per heavy atom. The van der Waals surface area contributed by atoms with Crippen LogP contribution in [0.25, 0.3) is 0 Å². The summed E-state index contributed by atoms with van der Waals surface area (Å²) >= 11 is 0. The standard InChI is InChI=1S/C23H31N3O5S/c1-16-8-7-9-19(17(16)2)25-10-12-26(13-11-25)23(27)18-14-21(30-4)22(31-5)15-20(18)24(3)32(6,28)29/h7-9,14-15H,10-13H2,1-6H3. The number of carbonyl (C=O) groups excluding carboxylic acids is 1. The van der Waals surface area contributed by atoms with Gasteiger partial charge in [0.05, 0.1) is 31.7 Å². The van der Waals surface area contributed by atoms with E-state index >= 15 is 0 Å². The van der Waals surface area contributed by atoms with Crippen LogP contribution in [0.2, 0.25) is 0 Å². The van der Waals surface area contributed by atoms with Crippen molar-refractivity contribution in [2.24, 2.45) is 0 Å². The first kappa shape index (κ1) is 23.7. The van der Waals surface area contributed by atoms with Crippen LogP contribution in [-0.4, -0.2) is 72.9 Å². The fourth-order valence-corrected chi connectivity index (χ4v) is 4.39. The second kappa shape index (κ2) is 9.28. The molecule has 0 spiro atoms. The van der Waals surface area contributed by atoms with Crippen LogP contribution in [-0.2, 0) is 10.0 Å². The molecule has 1 aliphatic heterocycles. The molecule has 0 aliphatic carbocycles. The van der Waals surface area contributed by atoms with Crippen LogP contribution in [0.3, 0.4) is 0 Å². The lowest BCUT2D eigenvalue weighted by molar-refractivity contribution is 0.0747. The second-order valence-electron chi connectivity index (χ2n) is 7.95. The summed E-state index contributed by atoms with van der Waals surface area (Å²) in [6.07, 6.45) is 1.10. The molecule has 2 aromatic carbocycles. The van der Waals surface area contributed by atoms with E-state index < -0.39 is 10.0 Å². The van der Waals surface area contributed by atoms with Crippen molar-refractivity contribution in [1.82, 2.24) is 4.90 Å². The fraction of sp³-hybridized carbons (Fsp3) is 0.435. The molecule has 0 unspecified atom stereocenters. The molecule has 32 heavy (non-hydrogen) atoms. The SMILES string of the molecule is COc1cc(C(=O)N2CCN(c3cccc(C)c3C)CC2)c(N(C)S(C)(=O)=O)cc1OC. The predicted molar refractivity (Wildman–Crippen MR) is 127 cm³/mol. The first-order valence-electron chi connectivity index (χ1n) is 10.4. The maximum Gasteiger partial charge on any atom is 0.256 e. The second-order valence-corrected chi connectivity index (χ2v) is 9.97. The number of ether oxygens (including phenoxy) is 2. The molecule has 1 saturated heterocycles. The Balaban J connectivity index is 1.89. The Labute approximate surface area is 190 Å². The number of aryl methyl sites for hydroxylation is 1. The van der Waals surface area contributed by atoms with Crippen LogP contribution in [0.15, 0.2) is 30.3 Å². The van der Waals surface area contributed by atoms with Gasteiger partial charge in [-0.2, -0.15) is 0 Å². The first-order valence-corrected chi connectivity index (χ1v) is 12.2. The molecular formula is C23H31N3O5S. The van der Waals surface area contributed by atoms with Gasteiger partial charge in [0, 0.05) is 45.0 Å². The molecule has 9 heteroatoms. The van der Waals surface area contributed by atoms with Crippen molar-refractivity contribution in [3.05, 3.63) is 47.0 Å². The molecule has 0 aromatic heterocycles. The number of benzene rings is 2. The average molecular weight is 462 g/mol. The maximum atomic E-state index is 13.5. The lowest BCUT2D eigenvalue weighted by atomic mass is 10.1. The van der Waals surface area contributed by atoms with Crippen LogP contribution >= 0.6 is 0 Å². The number of methoxy groups -OCH3 is 2. The molecule has 0 bridgehead atoms. The minimum atomic E-state index is -3.58. The quantitative estimate of drug-likeness (QED) is 0.658. The third-order valence-electron chi connectivity index (χ3n) is 6.05. The molecule has 1 amide bonds. The van der Waals surface area contributed by atoms with Gasteiger partial charge in [0.15, 0.2) is 11.5 Å². The molecule has 8 nitrogen and oxygen atoms in total. The summed E-state index contributed by atoms with van der Waals surface area (Å²) in [4.78, 5) is 17.5. The zero-order valence-corrected chi connectivity index (χ0v) is 20.3. The summed E-state index contributed by atoms with van der Waals surface area (Å²) in [6, 6.07) is 9.32. The van der Waals surface area contributed by atoms with Crippen molar-refractivity contribution in [1.29, 1.82) is 0 Å². The lowest BCUT2D eigenvalue weighted by Gasteiger charge is -2.37. The van der Waals surface area contributed by atoms with Gasteiger partial charge in [-0.15, -0.1) is 0 Å². The van der Waals surface area contributed by atoms with Crippen molar-refractivity contribution >= 4 is 27.3 Å². The molecule has 174 valence electrons. The van der Waals surface area contributed by atoms with Gasteiger partial charge >= 0.3 is 0 Å². The zero-order valence-electron chi connectivity index (χ0n) is 19.5. The van der Waals surface area contributed by atoms with E-state index in [0.29, 0.717) is 37.7 Å². The molecule has 3 rings (SSSR count). The molecule has 1 heterocycles. The normalized spacial score (nSPS) is 14.3. The summed E-state index contributed by atoms with van der Waals surface area (Å²) in [5.74, 6) is 0.488. The van der Waals surface area contributed by atoms with E-state index in [4.69, 9.17) is 9.47 Å². The Hall–Kier alpha value is -2.94. The van der Waals surface area contributed by atoms with Gasteiger partial charge in [-0.05, 0) is 37.1 Å². The third kappa shape index (κ3) is 4.62. The Morgan fingerprint density at radius 3 is 2.16 bits per heavy atom. The molecule has 1 fully saturated rings. The number of anilines is 2. The number of carbonyl (C=O) groups is 1. The van der Waals surface area contributed by atoms with Gasteiger partial charge in [0.2, 0.25) is 10.0 Å². The smallest absolute Gasteiger partial charge is 0.256 e. The Bertz CT molecular complexity index is 1110. The van der Waals surface area contributed by atoms with Crippen molar-refractivity contribution in [3.8, 4) is 11.5 Å². The summed E-state index contributed by atoms with van der Waals surface area (Å²) in [6.45, 7) is 6.65. The van der Waals surface area contributed by atoms with E-state index in [1.807, 2.05) is 6.07 Å². The Kier molecular flexibility index (Phi) is 6.88. The van der Waals surface area contributed by atoms with Crippen LogP contribution in [0, 0.1) is 13.8 Å². The number of amides is 1. The number of hydrogen-bond acceptors (Lipinski definition) is 6. The van der Waals surface area contributed by atoms with E-state index in [0.717, 1.165) is 10.6 Å². The molecule has 0 saturated carbocycles. The highest BCUT2D eigenvalue weighted by Crippen LogP contribution is 2.36. The van der Waals surface area contributed by atoms with Crippen molar-refractivity contribution in [2.45, 2.75) is 13.8 Å². The van der Waals surface area contributed by atoms with Crippen molar-refractivity contribution < 1.29 is 22.7 Å². The average Bonchev–Trinajstić information content (AvgIpc) is 2.78. The van der Waals surface area contributed by atoms with Gasteiger partial charge in [-0.3, -0.25) is 9.10 Å². The minimum Gasteiger partial charge on any atom is -0.493 e. The zero-order chi connectivity index (χ0) is 23.6. The summed E-state index contributed by atoms with van der Waals surface area (Å²) in [7, 11) is 0.789. The van der Waals surface area contributed by atoms with E-state index in [9.17, 15) is 13.2 Å². The monoisotopic (exact) mass is 461 g/mol. The predicted octanol–water partition coefficient (Wildman–Crippen LogP) is 2.68. The third-order valence-corrected chi connectivity index (χ3v) is 7.24. The number of rotatable bonds is 6. The van der Waals surface area contributed by atoms with Gasteiger partial charge in [0.1, 0.15) is 0 Å². The van der Waals surface area contributed by atoms with E-state index in [-0.39, 0.29) is 17.2 Å². The number of nitrogens with zero attached hydrogens (tertiary/aromatic N) is 3. The van der Waals surface area contributed by atoms with Gasteiger partial charge in [-0.1, -0.05) is 12.1 Å². The van der Waals surface area contributed by atoms with Crippen molar-refractivity contribution in [2.75, 3.05) is 62.9 Å². The van der Waals surface area contributed by atoms with Crippen LogP contribution in [0.4, 0.5) is 11.4 Å². The van der Waals surface area contributed by atoms with E-state index in [1.165, 1.54) is 44.1 Å². The lowest BCUT2D eigenvalue weighted by Crippen LogP contribution is -2.49. The first-order chi connectivity index (χ1) is 15.1. The summed E-state index contributed by atoms with van der Waals surface area (Å²) in [5, 5.41) is 0. The molecule has 0 atom stereocenters. The molecule has 0 N–H and O–H groups in total. The number of piperazine rings is 1. The van der Waals surface area contributed by atoms with Gasteiger partial charge in [0.25, 0.3) is 5.91 Å². The number of sulfonamides is 1. The highest BCUT2D eigenvalue weighted by atomic mass is 32.2. The maximum absolute atomic E-state index is 13.5. The minimum absolute atomic E-state index is 0.239. The van der Waals surface area contributed by atoms with Crippen LogP contribution in [0.1, 0.15) is 21.5 Å². The van der Waals surface area contributed by atoms with Gasteiger partial charge < -0.3 is 19.3 Å². The van der Waals surface area contributed by atoms with Crippen LogP contribution < -0.4 is 18.7 Å². The molecule has 1 aliphatic rings. The molecule has 0 radical (unpaired) electrons. The number of hydrogen-bond donors (Lipinski definition) is 0. The highest BCUT2D eigenvalue weighted by Gasteiger charge is 2.29. The van der Waals surface area contributed by atoms with E-state index in [2.05, 4.69) is 30.9 Å². The molecular weight excluding hydrogens is 430 g/mol.